The molecule has 0 saturated carbocycles. The fraction of sp³-hybridized carbons (Fsp3) is 0.370. The summed E-state index contributed by atoms with van der Waals surface area (Å²) in [5.74, 6) is -1.20. The summed E-state index contributed by atoms with van der Waals surface area (Å²) in [6.07, 6.45) is 0.621. The summed E-state index contributed by atoms with van der Waals surface area (Å²) >= 11 is 0. The van der Waals surface area contributed by atoms with Crippen molar-refractivity contribution >= 4 is 34.1 Å². The Bertz CT molecular complexity index is 1500. The lowest BCUT2D eigenvalue weighted by atomic mass is 10.0. The molecule has 0 aliphatic carbocycles. The van der Waals surface area contributed by atoms with Gasteiger partial charge in [0, 0.05) is 57.1 Å². The molecule has 0 bridgehead atoms. The van der Waals surface area contributed by atoms with Crippen LogP contribution in [0.4, 0.5) is 11.4 Å². The van der Waals surface area contributed by atoms with Crippen molar-refractivity contribution in [3.05, 3.63) is 62.8 Å². The fourth-order valence-corrected chi connectivity index (χ4v) is 4.20. The van der Waals surface area contributed by atoms with Crippen molar-refractivity contribution < 1.29 is 19.4 Å². The first-order chi connectivity index (χ1) is 18.2. The van der Waals surface area contributed by atoms with Crippen LogP contribution in [0.3, 0.4) is 0 Å². The minimum absolute atomic E-state index is 0.0553. The molecule has 1 unspecified atom stereocenters. The van der Waals surface area contributed by atoms with E-state index in [4.69, 9.17) is 10.00 Å². The number of fused-ring (bicyclic) bond motifs is 1. The first kappa shape index (κ1) is 28.1. The number of nitriles is 1. The van der Waals surface area contributed by atoms with E-state index < -0.39 is 5.56 Å². The average molecular weight is 522 g/mol. The van der Waals surface area contributed by atoms with Gasteiger partial charge in [-0.25, -0.2) is 4.79 Å². The van der Waals surface area contributed by atoms with Gasteiger partial charge in [-0.05, 0) is 49.6 Å². The Morgan fingerprint density at radius 3 is 2.26 bits per heavy atom. The van der Waals surface area contributed by atoms with Crippen LogP contribution in [-0.2, 0) is 27.4 Å². The van der Waals surface area contributed by atoms with E-state index in [2.05, 4.69) is 10.6 Å². The van der Waals surface area contributed by atoms with Gasteiger partial charge in [0.25, 0.3) is 5.56 Å². The number of phenols is 1. The zero-order valence-electron chi connectivity index (χ0n) is 21.6. The van der Waals surface area contributed by atoms with E-state index in [0.29, 0.717) is 41.9 Å². The van der Waals surface area contributed by atoms with Crippen LogP contribution in [0, 0.1) is 17.2 Å². The van der Waals surface area contributed by atoms with E-state index in [1.165, 1.54) is 27.3 Å². The molecule has 38 heavy (non-hydrogen) atoms. The lowest BCUT2D eigenvalue weighted by Crippen LogP contribution is -2.40. The summed E-state index contributed by atoms with van der Waals surface area (Å²) in [4.78, 5) is 50.9. The second kappa shape index (κ2) is 12.7. The number of carbonyl (C=O) groups excluding carboxylic acids is 2. The molecule has 1 heterocycles. The quantitative estimate of drug-likeness (QED) is 0.328. The van der Waals surface area contributed by atoms with Gasteiger partial charge in [-0.2, -0.15) is 5.26 Å². The first-order valence-corrected chi connectivity index (χ1v) is 12.3. The van der Waals surface area contributed by atoms with E-state index in [-0.39, 0.29) is 54.1 Å². The van der Waals surface area contributed by atoms with E-state index in [1.807, 2.05) is 13.0 Å². The molecule has 0 aliphatic rings. The molecule has 0 spiro atoms. The predicted octanol–water partition coefficient (Wildman–Crippen LogP) is 2.79. The topological polar surface area (TPSA) is 155 Å². The van der Waals surface area contributed by atoms with Gasteiger partial charge in [0.15, 0.2) is 0 Å². The summed E-state index contributed by atoms with van der Waals surface area (Å²) in [7, 11) is 1.55. The minimum atomic E-state index is -0.430. The number of carbonyl (C=O) groups is 2. The number of nitrogens with zero attached hydrogens (tertiary/aromatic N) is 3. The number of anilines is 2. The lowest BCUT2D eigenvalue weighted by Gasteiger charge is -2.15. The predicted molar refractivity (Wildman–Crippen MR) is 143 cm³/mol. The van der Waals surface area contributed by atoms with Gasteiger partial charge in [-0.3, -0.25) is 23.5 Å². The van der Waals surface area contributed by atoms with Crippen molar-refractivity contribution in [2.45, 2.75) is 46.2 Å². The molecule has 0 radical (unpaired) electrons. The number of aryl methyl sites for hydroxylation is 1. The second-order valence-electron chi connectivity index (χ2n) is 9.02. The Morgan fingerprint density at radius 1 is 1.05 bits per heavy atom. The van der Waals surface area contributed by atoms with Gasteiger partial charge in [0.1, 0.15) is 11.8 Å². The molecule has 3 rings (SSSR count). The molecular weight excluding hydrogens is 490 g/mol. The van der Waals surface area contributed by atoms with Crippen molar-refractivity contribution in [1.29, 1.82) is 5.26 Å². The molecule has 11 heteroatoms. The number of ether oxygens (including phenoxy) is 1. The molecule has 3 aromatic rings. The summed E-state index contributed by atoms with van der Waals surface area (Å²) in [6.45, 7) is 4.60. The second-order valence-corrected chi connectivity index (χ2v) is 9.02. The Morgan fingerprint density at radius 2 is 1.68 bits per heavy atom. The van der Waals surface area contributed by atoms with Crippen LogP contribution in [0.15, 0.2) is 46.0 Å². The maximum absolute atomic E-state index is 13.1. The highest BCUT2D eigenvalue weighted by Gasteiger charge is 2.16. The van der Waals surface area contributed by atoms with E-state index >= 15 is 0 Å². The van der Waals surface area contributed by atoms with Gasteiger partial charge >= 0.3 is 5.69 Å². The zero-order valence-corrected chi connectivity index (χ0v) is 21.6. The van der Waals surface area contributed by atoms with Crippen LogP contribution < -0.4 is 21.9 Å². The molecule has 200 valence electrons. The molecule has 0 saturated heterocycles. The number of amides is 2. The van der Waals surface area contributed by atoms with Crippen LogP contribution in [-0.4, -0.2) is 39.8 Å². The Balaban J connectivity index is 1.68. The molecule has 2 aromatic carbocycles. The maximum Gasteiger partial charge on any atom is 0.331 e. The van der Waals surface area contributed by atoms with Crippen molar-refractivity contribution in [2.24, 2.45) is 5.92 Å². The van der Waals surface area contributed by atoms with E-state index in [0.717, 1.165) is 0 Å². The summed E-state index contributed by atoms with van der Waals surface area (Å²) in [5.41, 5.74) is 0.529. The largest absolute Gasteiger partial charge is 0.506 e. The van der Waals surface area contributed by atoms with Gasteiger partial charge < -0.3 is 20.5 Å². The van der Waals surface area contributed by atoms with E-state index in [9.17, 15) is 24.3 Å². The smallest absolute Gasteiger partial charge is 0.331 e. The highest BCUT2D eigenvalue weighted by Crippen LogP contribution is 2.22. The molecule has 3 N–H and O–H groups in total. The van der Waals surface area contributed by atoms with Gasteiger partial charge in [-0.1, -0.05) is 6.92 Å². The molecule has 0 fully saturated rings. The third-order valence-electron chi connectivity index (χ3n) is 6.02. The van der Waals surface area contributed by atoms with Crippen molar-refractivity contribution in [2.75, 3.05) is 24.4 Å². The summed E-state index contributed by atoms with van der Waals surface area (Å²) < 4.78 is 7.73. The molecular formula is C27H31N5O6. The van der Waals surface area contributed by atoms with Gasteiger partial charge in [-0.15, -0.1) is 0 Å². The van der Waals surface area contributed by atoms with Crippen LogP contribution in [0.2, 0.25) is 0 Å². The van der Waals surface area contributed by atoms with Crippen molar-refractivity contribution in [3.63, 3.8) is 0 Å². The number of rotatable bonds is 11. The van der Waals surface area contributed by atoms with Crippen molar-refractivity contribution in [1.82, 2.24) is 9.13 Å². The van der Waals surface area contributed by atoms with E-state index in [1.54, 1.807) is 32.2 Å². The van der Waals surface area contributed by atoms with Crippen LogP contribution in [0.25, 0.3) is 10.9 Å². The van der Waals surface area contributed by atoms with Gasteiger partial charge in [0.05, 0.1) is 16.5 Å². The number of hydrogen-bond acceptors (Lipinski definition) is 7. The standard InChI is InChI=1S/C27H31N5O6/c1-4-31-22-9-8-19(14-21(22)26(36)32(27(31)37)10-5-11-38-3)29-24(34)12-17(2)13-25(35)30-20-7-6-18(16-28)23(33)15-20/h6-9,14-15,17,33H,4-5,10-13H2,1-3H3,(H,29,34)(H,30,35). The number of hydrogen-bond donors (Lipinski definition) is 3. The number of phenolic OH excluding ortho intramolecular Hbond substituents is 1. The molecule has 2 amide bonds. The number of benzene rings is 2. The highest BCUT2D eigenvalue weighted by atomic mass is 16.5. The number of aromatic hydroxyl groups is 1. The van der Waals surface area contributed by atoms with Gasteiger partial charge in [0.2, 0.25) is 11.8 Å². The fourth-order valence-electron chi connectivity index (χ4n) is 4.20. The molecule has 1 atom stereocenters. The Labute approximate surface area is 219 Å². The Hall–Kier alpha value is -4.43. The van der Waals surface area contributed by atoms with Crippen LogP contribution in [0.5, 0.6) is 5.75 Å². The minimum Gasteiger partial charge on any atom is -0.506 e. The molecule has 0 aliphatic heterocycles. The summed E-state index contributed by atoms with van der Waals surface area (Å²) in [6, 6.07) is 10.9. The van der Waals surface area contributed by atoms with Crippen LogP contribution in [0.1, 0.15) is 38.7 Å². The molecule has 1 aromatic heterocycles. The highest BCUT2D eigenvalue weighted by molar-refractivity contribution is 5.95. The third kappa shape index (κ3) is 6.66. The Kier molecular flexibility index (Phi) is 9.40. The normalized spacial score (nSPS) is 11.6. The number of methoxy groups -OCH3 is 1. The lowest BCUT2D eigenvalue weighted by molar-refractivity contribution is -0.118. The molecule has 11 nitrogen and oxygen atoms in total. The SMILES string of the molecule is CCn1c(=O)n(CCCOC)c(=O)c2cc(NC(=O)CC(C)CC(=O)Nc3ccc(C#N)c(O)c3)ccc21. The van der Waals surface area contributed by atoms with Crippen molar-refractivity contribution in [3.8, 4) is 11.8 Å². The average Bonchev–Trinajstić information content (AvgIpc) is 2.86. The monoisotopic (exact) mass is 521 g/mol. The van der Waals surface area contributed by atoms with Crippen LogP contribution >= 0.6 is 0 Å². The first-order valence-electron chi connectivity index (χ1n) is 12.3. The number of aromatic nitrogens is 2. The maximum atomic E-state index is 13.1. The summed E-state index contributed by atoms with van der Waals surface area (Å²) in [5, 5.41) is 24.4. The number of nitrogens with one attached hydrogen (secondary N) is 2. The third-order valence-corrected chi connectivity index (χ3v) is 6.02. The zero-order chi connectivity index (χ0) is 27.8.